The molecule has 0 saturated carbocycles. The molecule has 1 amide bonds. The van der Waals surface area contributed by atoms with E-state index in [0.717, 1.165) is 49.2 Å². The van der Waals surface area contributed by atoms with E-state index in [1.807, 2.05) is 6.07 Å². The minimum absolute atomic E-state index is 0.0400. The molecular formula is C27H25F3N8O. The normalized spacial score (nSPS) is 23.8. The first-order valence-corrected chi connectivity index (χ1v) is 12.5. The van der Waals surface area contributed by atoms with Crippen LogP contribution in [0.2, 0.25) is 0 Å². The monoisotopic (exact) mass is 534 g/mol. The molecule has 2 saturated heterocycles. The van der Waals surface area contributed by atoms with Gasteiger partial charge in [-0.3, -0.25) is 9.79 Å². The number of alkyl halides is 3. The predicted octanol–water partition coefficient (Wildman–Crippen LogP) is 3.22. The van der Waals surface area contributed by atoms with Gasteiger partial charge in [0.05, 0.1) is 17.8 Å². The lowest BCUT2D eigenvalue weighted by Gasteiger charge is -2.29. The largest absolute Gasteiger partial charge is 0.416 e. The van der Waals surface area contributed by atoms with Crippen LogP contribution in [0.5, 0.6) is 0 Å². The molecule has 0 spiro atoms. The summed E-state index contributed by atoms with van der Waals surface area (Å²) in [7, 11) is 0. The molecule has 1 unspecified atom stereocenters. The lowest BCUT2D eigenvalue weighted by Crippen LogP contribution is -2.44. The van der Waals surface area contributed by atoms with E-state index < -0.39 is 23.1 Å². The number of primary amides is 1. The maximum absolute atomic E-state index is 13.3. The highest BCUT2D eigenvalue weighted by molar-refractivity contribution is 5.93. The van der Waals surface area contributed by atoms with Crippen molar-refractivity contribution < 1.29 is 18.0 Å². The van der Waals surface area contributed by atoms with Crippen molar-refractivity contribution in [2.45, 2.75) is 30.1 Å². The number of amides is 1. The highest BCUT2D eigenvalue weighted by atomic mass is 19.4. The fraction of sp³-hybridized carbons (Fsp3) is 0.296. The van der Waals surface area contributed by atoms with Gasteiger partial charge in [0.2, 0.25) is 5.91 Å². The van der Waals surface area contributed by atoms with Crippen LogP contribution in [-0.2, 0) is 16.4 Å². The first kappa shape index (κ1) is 25.0. The molecule has 6 heterocycles. The number of hydrogen-bond donors (Lipinski definition) is 3. The number of fused-ring (bicyclic) bond motifs is 2. The number of rotatable bonds is 6. The van der Waals surface area contributed by atoms with E-state index >= 15 is 0 Å². The zero-order valence-electron chi connectivity index (χ0n) is 20.7. The summed E-state index contributed by atoms with van der Waals surface area (Å²) in [5.41, 5.74) is 5.51. The second-order valence-corrected chi connectivity index (χ2v) is 9.91. The van der Waals surface area contributed by atoms with Crippen molar-refractivity contribution in [3.05, 3.63) is 72.1 Å². The first-order chi connectivity index (χ1) is 18.7. The van der Waals surface area contributed by atoms with Gasteiger partial charge in [0.1, 0.15) is 22.9 Å². The van der Waals surface area contributed by atoms with E-state index in [1.165, 1.54) is 0 Å². The zero-order valence-corrected chi connectivity index (χ0v) is 20.7. The standard InChI is InChI=1S/C27H25F3N8O/c28-27(29,30)17-3-7-33-22(10-17)37-23-11-18(26(25(31)39)4-1-5-32-15-26)9-21(36-23)16-2-6-34-24(8-16)38-14-19-12-20(38)13-35-19/h1-11,19-20,35H,12-15H2,(H2,31,39)(H,33,36,37)/t19-,20-,26?/m0/s1. The van der Waals surface area contributed by atoms with Crippen molar-refractivity contribution in [1.29, 1.82) is 0 Å². The predicted molar refractivity (Wildman–Crippen MR) is 141 cm³/mol. The number of hydrogen-bond acceptors (Lipinski definition) is 8. The van der Waals surface area contributed by atoms with Gasteiger partial charge in [0, 0.05) is 49.3 Å². The van der Waals surface area contributed by atoms with Crippen molar-refractivity contribution in [2.75, 3.05) is 29.9 Å². The number of nitrogens with zero attached hydrogens (tertiary/aromatic N) is 5. The Morgan fingerprint density at radius 3 is 2.67 bits per heavy atom. The van der Waals surface area contributed by atoms with E-state index in [9.17, 15) is 18.0 Å². The van der Waals surface area contributed by atoms with Gasteiger partial charge in [-0.1, -0.05) is 6.08 Å². The van der Waals surface area contributed by atoms with Crippen molar-refractivity contribution in [2.24, 2.45) is 10.7 Å². The molecule has 12 heteroatoms. The number of nitrogens with two attached hydrogens (primary N) is 1. The minimum Gasteiger partial charge on any atom is -0.369 e. The third-order valence-electron chi connectivity index (χ3n) is 7.43. The molecule has 2 fully saturated rings. The van der Waals surface area contributed by atoms with Gasteiger partial charge < -0.3 is 21.3 Å². The Hall–Kier alpha value is -4.32. The van der Waals surface area contributed by atoms with E-state index in [1.54, 1.807) is 42.8 Å². The summed E-state index contributed by atoms with van der Waals surface area (Å²) in [6.45, 7) is 1.85. The molecule has 200 valence electrons. The van der Waals surface area contributed by atoms with Crippen LogP contribution in [0.25, 0.3) is 11.3 Å². The lowest BCUT2D eigenvalue weighted by atomic mass is 9.78. The summed E-state index contributed by atoms with van der Waals surface area (Å²) in [6, 6.07) is 9.70. The van der Waals surface area contributed by atoms with Crippen LogP contribution in [0.15, 0.2) is 65.9 Å². The SMILES string of the molecule is NC(=O)C1(c2cc(Nc3cc(C(F)(F)F)ccn3)nc(-c3ccnc(N4C[C@@H]5C[C@H]4CN5)c3)c2)C=CC=NC1. The van der Waals surface area contributed by atoms with Crippen molar-refractivity contribution in [1.82, 2.24) is 20.3 Å². The third kappa shape index (κ3) is 4.71. The van der Waals surface area contributed by atoms with E-state index in [2.05, 4.69) is 35.5 Å². The summed E-state index contributed by atoms with van der Waals surface area (Å²) in [5, 5.41) is 6.36. The summed E-state index contributed by atoms with van der Waals surface area (Å²) in [5.74, 6) is 0.379. The number of anilines is 3. The lowest BCUT2D eigenvalue weighted by molar-refractivity contribution is -0.137. The number of aromatic nitrogens is 3. The Labute approximate surface area is 222 Å². The highest BCUT2D eigenvalue weighted by Crippen LogP contribution is 2.36. The second-order valence-electron chi connectivity index (χ2n) is 9.91. The number of carbonyl (C=O) groups is 1. The smallest absolute Gasteiger partial charge is 0.369 e. The van der Waals surface area contributed by atoms with Crippen LogP contribution in [-0.4, -0.2) is 58.8 Å². The number of pyridine rings is 3. The molecule has 2 bridgehead atoms. The Balaban J connectivity index is 1.43. The topological polar surface area (TPSA) is 121 Å². The van der Waals surface area contributed by atoms with Crippen LogP contribution >= 0.6 is 0 Å². The van der Waals surface area contributed by atoms with Crippen LogP contribution in [0.1, 0.15) is 17.5 Å². The molecule has 0 aliphatic carbocycles. The molecule has 3 aromatic heterocycles. The maximum Gasteiger partial charge on any atom is 0.416 e. The second kappa shape index (κ2) is 9.45. The van der Waals surface area contributed by atoms with Gasteiger partial charge in [-0.25, -0.2) is 15.0 Å². The van der Waals surface area contributed by atoms with Crippen LogP contribution in [0, 0.1) is 0 Å². The van der Waals surface area contributed by atoms with Crippen molar-refractivity contribution >= 4 is 29.6 Å². The van der Waals surface area contributed by atoms with E-state index in [0.29, 0.717) is 23.3 Å². The zero-order chi connectivity index (χ0) is 27.2. The third-order valence-corrected chi connectivity index (χ3v) is 7.43. The van der Waals surface area contributed by atoms with Gasteiger partial charge >= 0.3 is 6.18 Å². The van der Waals surface area contributed by atoms with Gasteiger partial charge in [-0.15, -0.1) is 0 Å². The Morgan fingerprint density at radius 2 is 1.97 bits per heavy atom. The molecule has 6 rings (SSSR count). The highest BCUT2D eigenvalue weighted by Gasteiger charge is 2.39. The molecule has 3 atom stereocenters. The number of halogens is 3. The Bertz CT molecular complexity index is 1490. The maximum atomic E-state index is 13.3. The van der Waals surface area contributed by atoms with Crippen molar-refractivity contribution in [3.8, 4) is 11.3 Å². The van der Waals surface area contributed by atoms with E-state index in [4.69, 9.17) is 5.73 Å². The van der Waals surface area contributed by atoms with E-state index in [-0.39, 0.29) is 18.2 Å². The fourth-order valence-corrected chi connectivity index (χ4v) is 5.39. The number of carbonyl (C=O) groups excluding carboxylic acids is 1. The summed E-state index contributed by atoms with van der Waals surface area (Å²) >= 11 is 0. The van der Waals surface area contributed by atoms with Gasteiger partial charge in [0.15, 0.2) is 0 Å². The molecule has 0 radical (unpaired) electrons. The van der Waals surface area contributed by atoms with Crippen LogP contribution < -0.4 is 21.3 Å². The fourth-order valence-electron chi connectivity index (χ4n) is 5.39. The summed E-state index contributed by atoms with van der Waals surface area (Å²) < 4.78 is 39.9. The molecular weight excluding hydrogens is 509 g/mol. The number of nitrogens with one attached hydrogen (secondary N) is 2. The first-order valence-electron chi connectivity index (χ1n) is 12.5. The van der Waals surface area contributed by atoms with Crippen LogP contribution in [0.3, 0.4) is 0 Å². The number of allylic oxidation sites excluding steroid dienone is 1. The van der Waals surface area contributed by atoms with Gasteiger partial charge in [0.25, 0.3) is 0 Å². The molecule has 9 nitrogen and oxygen atoms in total. The quantitative estimate of drug-likeness (QED) is 0.444. The average molecular weight is 535 g/mol. The van der Waals surface area contributed by atoms with Crippen LogP contribution in [0.4, 0.5) is 30.6 Å². The molecule has 4 N–H and O–H groups in total. The van der Waals surface area contributed by atoms with Gasteiger partial charge in [-0.2, -0.15) is 13.2 Å². The number of piperazine rings is 1. The molecule has 39 heavy (non-hydrogen) atoms. The summed E-state index contributed by atoms with van der Waals surface area (Å²) in [4.78, 5) is 32.6. The number of dihydropyridines is 1. The molecule has 0 aromatic carbocycles. The van der Waals surface area contributed by atoms with Gasteiger partial charge in [-0.05, 0) is 54.5 Å². The van der Waals surface area contributed by atoms with Crippen molar-refractivity contribution in [3.63, 3.8) is 0 Å². The average Bonchev–Trinajstić information content (AvgIpc) is 3.57. The molecule has 3 aromatic rings. The minimum atomic E-state index is -4.53. The number of aliphatic imine (C=N–C) groups is 1. The molecule has 3 aliphatic heterocycles. The summed E-state index contributed by atoms with van der Waals surface area (Å²) in [6.07, 6.45) is 4.23. The molecule has 3 aliphatic rings. The Kier molecular flexibility index (Phi) is 6.06. The Morgan fingerprint density at radius 1 is 1.13 bits per heavy atom.